The summed E-state index contributed by atoms with van der Waals surface area (Å²) in [6.07, 6.45) is 5.58. The van der Waals surface area contributed by atoms with E-state index >= 15 is 0 Å². The van der Waals surface area contributed by atoms with Gasteiger partial charge in [0.1, 0.15) is 0 Å². The Morgan fingerprint density at radius 3 is 2.36 bits per heavy atom. The maximum absolute atomic E-state index is 11.5. The van der Waals surface area contributed by atoms with Crippen LogP contribution in [-0.2, 0) is 4.79 Å². The number of piperidine rings is 1. The van der Waals surface area contributed by atoms with E-state index in [1.807, 2.05) is 6.92 Å². The number of rotatable bonds is 4. The molecule has 1 aliphatic heterocycles. The number of hydrogen-bond acceptors (Lipinski definition) is 2. The zero-order valence-corrected chi connectivity index (χ0v) is 9.38. The minimum atomic E-state index is -0.408. The Hall–Kier alpha value is -0.570. The van der Waals surface area contributed by atoms with Crippen LogP contribution in [0.1, 0.15) is 46.0 Å². The fourth-order valence-electron chi connectivity index (χ4n) is 2.31. The summed E-state index contributed by atoms with van der Waals surface area (Å²) in [5.74, 6) is -0.166. The van der Waals surface area contributed by atoms with Crippen LogP contribution in [0.3, 0.4) is 0 Å². The van der Waals surface area contributed by atoms with E-state index in [-0.39, 0.29) is 5.91 Å². The normalized spacial score (nSPS) is 23.0. The number of primary amides is 1. The van der Waals surface area contributed by atoms with Gasteiger partial charge in [0.2, 0.25) is 5.91 Å². The lowest BCUT2D eigenvalue weighted by Gasteiger charge is -2.41. The minimum Gasteiger partial charge on any atom is -0.368 e. The summed E-state index contributed by atoms with van der Waals surface area (Å²) < 4.78 is 0. The van der Waals surface area contributed by atoms with Crippen molar-refractivity contribution in [2.45, 2.75) is 51.5 Å². The van der Waals surface area contributed by atoms with Crippen LogP contribution in [0, 0.1) is 0 Å². The smallest absolute Gasteiger partial charge is 0.237 e. The summed E-state index contributed by atoms with van der Waals surface area (Å²) in [6.45, 7) is 6.15. The first-order chi connectivity index (χ1) is 6.61. The molecule has 1 amide bonds. The molecule has 0 saturated carbocycles. The Morgan fingerprint density at radius 1 is 1.36 bits per heavy atom. The summed E-state index contributed by atoms with van der Waals surface area (Å²) >= 11 is 0. The molecule has 1 saturated heterocycles. The third-order valence-corrected chi connectivity index (χ3v) is 3.32. The first kappa shape index (κ1) is 11.5. The lowest BCUT2D eigenvalue weighted by atomic mass is 9.91. The van der Waals surface area contributed by atoms with Crippen molar-refractivity contribution in [2.24, 2.45) is 5.73 Å². The lowest BCUT2D eigenvalue weighted by Crippen LogP contribution is -2.56. The molecular weight excluding hydrogens is 176 g/mol. The van der Waals surface area contributed by atoms with Gasteiger partial charge in [0.25, 0.3) is 0 Å². The van der Waals surface area contributed by atoms with E-state index in [0.29, 0.717) is 0 Å². The van der Waals surface area contributed by atoms with E-state index in [1.54, 1.807) is 0 Å². The van der Waals surface area contributed by atoms with Crippen molar-refractivity contribution in [3.8, 4) is 0 Å². The van der Waals surface area contributed by atoms with Gasteiger partial charge in [-0.25, -0.2) is 0 Å². The zero-order valence-electron chi connectivity index (χ0n) is 9.38. The van der Waals surface area contributed by atoms with Gasteiger partial charge >= 0.3 is 0 Å². The average molecular weight is 198 g/mol. The molecule has 0 aromatic heterocycles. The zero-order chi connectivity index (χ0) is 10.6. The van der Waals surface area contributed by atoms with E-state index in [9.17, 15) is 4.79 Å². The quantitative estimate of drug-likeness (QED) is 0.744. The van der Waals surface area contributed by atoms with E-state index in [1.165, 1.54) is 19.3 Å². The van der Waals surface area contributed by atoms with Crippen molar-refractivity contribution in [3.63, 3.8) is 0 Å². The van der Waals surface area contributed by atoms with Gasteiger partial charge in [-0.05, 0) is 39.3 Å². The van der Waals surface area contributed by atoms with Crippen molar-refractivity contribution in [2.75, 3.05) is 13.1 Å². The van der Waals surface area contributed by atoms with Crippen LogP contribution in [0.5, 0.6) is 0 Å². The van der Waals surface area contributed by atoms with Crippen LogP contribution in [0.15, 0.2) is 0 Å². The summed E-state index contributed by atoms with van der Waals surface area (Å²) in [5.41, 5.74) is 5.10. The molecule has 3 heteroatoms. The second kappa shape index (κ2) is 4.78. The predicted octanol–water partition coefficient (Wildman–Crippen LogP) is 1.52. The van der Waals surface area contributed by atoms with Gasteiger partial charge in [-0.1, -0.05) is 19.8 Å². The van der Waals surface area contributed by atoms with Gasteiger partial charge in [-0.3, -0.25) is 9.69 Å². The van der Waals surface area contributed by atoms with Crippen LogP contribution >= 0.6 is 0 Å². The molecule has 1 rings (SSSR count). The summed E-state index contributed by atoms with van der Waals surface area (Å²) in [7, 11) is 0. The van der Waals surface area contributed by atoms with Crippen LogP contribution in [0.25, 0.3) is 0 Å². The predicted molar refractivity (Wildman–Crippen MR) is 57.9 cm³/mol. The molecule has 1 atom stereocenters. The van der Waals surface area contributed by atoms with Crippen LogP contribution < -0.4 is 5.73 Å². The molecule has 0 spiro atoms. The van der Waals surface area contributed by atoms with E-state index < -0.39 is 5.54 Å². The molecule has 3 nitrogen and oxygen atoms in total. The minimum absolute atomic E-state index is 0.166. The van der Waals surface area contributed by atoms with Gasteiger partial charge < -0.3 is 5.73 Å². The molecule has 0 radical (unpaired) electrons. The molecule has 1 fully saturated rings. The first-order valence-corrected chi connectivity index (χ1v) is 5.66. The fraction of sp³-hybridized carbons (Fsp3) is 0.909. The average Bonchev–Trinajstić information content (AvgIpc) is 2.19. The molecule has 1 unspecified atom stereocenters. The van der Waals surface area contributed by atoms with Gasteiger partial charge in [-0.15, -0.1) is 0 Å². The molecular formula is C11H22N2O. The molecule has 0 aromatic rings. The van der Waals surface area contributed by atoms with Crippen LogP contribution in [0.4, 0.5) is 0 Å². The second-order valence-corrected chi connectivity index (χ2v) is 4.44. The fourth-order valence-corrected chi connectivity index (χ4v) is 2.31. The molecule has 0 aromatic carbocycles. The molecule has 82 valence electrons. The number of nitrogens with zero attached hydrogens (tertiary/aromatic N) is 1. The van der Waals surface area contributed by atoms with Crippen molar-refractivity contribution in [1.82, 2.24) is 4.90 Å². The standard InChI is InChI=1S/C11H22N2O/c1-3-7-11(2,10(12)14)13-8-5-4-6-9-13/h3-9H2,1-2H3,(H2,12,14). The Kier molecular flexibility index (Phi) is 3.93. The number of amides is 1. The third kappa shape index (κ3) is 2.27. The van der Waals surface area contributed by atoms with Crippen molar-refractivity contribution in [3.05, 3.63) is 0 Å². The number of carbonyl (C=O) groups excluding carboxylic acids is 1. The lowest BCUT2D eigenvalue weighted by molar-refractivity contribution is -0.130. The Balaban J connectivity index is 2.69. The Morgan fingerprint density at radius 2 is 1.93 bits per heavy atom. The summed E-state index contributed by atoms with van der Waals surface area (Å²) in [6, 6.07) is 0. The molecule has 0 bridgehead atoms. The molecule has 1 aliphatic rings. The Bertz CT molecular complexity index is 199. The highest BCUT2D eigenvalue weighted by molar-refractivity contribution is 5.84. The van der Waals surface area contributed by atoms with Gasteiger partial charge in [-0.2, -0.15) is 0 Å². The highest BCUT2D eigenvalue weighted by Gasteiger charge is 2.36. The largest absolute Gasteiger partial charge is 0.368 e. The second-order valence-electron chi connectivity index (χ2n) is 4.44. The van der Waals surface area contributed by atoms with Crippen LogP contribution in [-0.4, -0.2) is 29.4 Å². The van der Waals surface area contributed by atoms with Gasteiger partial charge in [0.05, 0.1) is 5.54 Å². The first-order valence-electron chi connectivity index (χ1n) is 5.66. The topological polar surface area (TPSA) is 46.3 Å². The number of nitrogens with two attached hydrogens (primary N) is 1. The van der Waals surface area contributed by atoms with E-state index in [4.69, 9.17) is 5.73 Å². The number of carbonyl (C=O) groups is 1. The highest BCUT2D eigenvalue weighted by atomic mass is 16.1. The van der Waals surface area contributed by atoms with E-state index in [0.717, 1.165) is 25.9 Å². The number of likely N-dealkylation sites (tertiary alicyclic amines) is 1. The maximum Gasteiger partial charge on any atom is 0.237 e. The number of hydrogen-bond donors (Lipinski definition) is 1. The summed E-state index contributed by atoms with van der Waals surface area (Å²) in [4.78, 5) is 13.8. The third-order valence-electron chi connectivity index (χ3n) is 3.32. The van der Waals surface area contributed by atoms with Crippen molar-refractivity contribution >= 4 is 5.91 Å². The molecule has 1 heterocycles. The van der Waals surface area contributed by atoms with Gasteiger partial charge in [0.15, 0.2) is 0 Å². The molecule has 0 aliphatic carbocycles. The Labute approximate surface area is 86.6 Å². The molecule has 2 N–H and O–H groups in total. The maximum atomic E-state index is 11.5. The van der Waals surface area contributed by atoms with Crippen molar-refractivity contribution in [1.29, 1.82) is 0 Å². The van der Waals surface area contributed by atoms with E-state index in [2.05, 4.69) is 11.8 Å². The van der Waals surface area contributed by atoms with Crippen LogP contribution in [0.2, 0.25) is 0 Å². The SMILES string of the molecule is CCCC(C)(C(N)=O)N1CCCCC1. The highest BCUT2D eigenvalue weighted by Crippen LogP contribution is 2.24. The molecule has 14 heavy (non-hydrogen) atoms. The van der Waals surface area contributed by atoms with Crippen molar-refractivity contribution < 1.29 is 4.79 Å². The monoisotopic (exact) mass is 198 g/mol. The summed E-state index contributed by atoms with van der Waals surface area (Å²) in [5, 5.41) is 0. The van der Waals surface area contributed by atoms with Gasteiger partial charge in [0, 0.05) is 0 Å².